The molecule has 2 heterocycles. The fourth-order valence-corrected chi connectivity index (χ4v) is 14.9. The Balaban J connectivity index is 1.44. The standard InChI is InChI=1S/C24H24ClF4IN5O3/c1-35(22(36)33-11-15-3-2-4-18(27)21(15)25)30(9-19(30)24(28,29)12-31)13-38-23(37)34-20-8-16-7-17(26)6-5-14(16)10-32-20/h2-8,10,19H,9,11-13,31H2,1H3,(H,33,36)(H,32,34,37)/q-1/t19-/m0/s1. The van der Waals surface area contributed by atoms with Crippen molar-refractivity contribution in [3.63, 3.8) is 0 Å². The topological polar surface area (TPSA) is 110 Å². The van der Waals surface area contributed by atoms with E-state index in [9.17, 15) is 27.2 Å². The number of benzene rings is 2. The number of hydrogen-bond donors (Lipinski definition) is 3. The van der Waals surface area contributed by atoms with Gasteiger partial charge in [0, 0.05) is 0 Å². The fourth-order valence-electron chi connectivity index (χ4n) is 3.80. The molecule has 0 radical (unpaired) electrons. The van der Waals surface area contributed by atoms with E-state index in [4.69, 9.17) is 22.1 Å². The first-order chi connectivity index (χ1) is 18.0. The molecule has 4 N–H and O–H groups in total. The average molecular weight is 669 g/mol. The monoisotopic (exact) mass is 668 g/mol. The number of rotatable bonds is 8. The molecular formula is C24H24ClF4IN5O3-. The van der Waals surface area contributed by atoms with Crippen LogP contribution in [0, 0.1) is 11.6 Å². The van der Waals surface area contributed by atoms with E-state index < -0.39 is 58.9 Å². The number of nitrogens with one attached hydrogen (secondary N) is 2. The van der Waals surface area contributed by atoms with Crippen molar-refractivity contribution in [2.45, 2.75) is 16.4 Å². The number of nitrogens with two attached hydrogens (primary N) is 1. The Labute approximate surface area is 224 Å². The number of anilines is 1. The summed E-state index contributed by atoms with van der Waals surface area (Å²) in [6, 6.07) is 8.96. The zero-order valence-corrected chi connectivity index (χ0v) is 22.9. The first-order valence-corrected chi connectivity index (χ1v) is 16.8. The molecule has 0 aliphatic carbocycles. The van der Waals surface area contributed by atoms with Crippen LogP contribution in [0.2, 0.25) is 5.02 Å². The molecular weight excluding hydrogens is 645 g/mol. The molecule has 0 spiro atoms. The van der Waals surface area contributed by atoms with E-state index in [-0.39, 0.29) is 26.4 Å². The molecule has 206 valence electrons. The molecule has 8 nitrogen and oxygen atoms in total. The molecule has 3 amide bonds. The predicted octanol–water partition coefficient (Wildman–Crippen LogP) is 1.57. The number of fused-ring (bicyclic) bond motifs is 1. The van der Waals surface area contributed by atoms with Gasteiger partial charge in [-0.3, -0.25) is 0 Å². The number of halogens is 6. The van der Waals surface area contributed by atoms with Gasteiger partial charge in [0.05, 0.1) is 0 Å². The normalized spacial score (nSPS) is 20.3. The van der Waals surface area contributed by atoms with E-state index in [0.717, 1.165) is 0 Å². The summed E-state index contributed by atoms with van der Waals surface area (Å²) in [6.07, 6.45) is 0.476. The molecule has 1 fully saturated rings. The van der Waals surface area contributed by atoms with Crippen molar-refractivity contribution < 1.29 is 50.6 Å². The third-order valence-corrected chi connectivity index (χ3v) is 16.6. The van der Waals surface area contributed by atoms with Gasteiger partial charge in [-0.1, -0.05) is 0 Å². The Morgan fingerprint density at radius 1 is 1.24 bits per heavy atom. The summed E-state index contributed by atoms with van der Waals surface area (Å²) in [6.45, 7) is -1.05. The number of urea groups is 1. The molecule has 3 aromatic rings. The molecule has 1 aliphatic rings. The zero-order valence-electron chi connectivity index (χ0n) is 20.0. The van der Waals surface area contributed by atoms with Crippen molar-refractivity contribution in [3.05, 3.63) is 70.9 Å². The van der Waals surface area contributed by atoms with Crippen molar-refractivity contribution in [1.82, 2.24) is 13.4 Å². The number of nitrogens with zero attached hydrogens (tertiary/aromatic N) is 2. The van der Waals surface area contributed by atoms with Gasteiger partial charge in [0.2, 0.25) is 0 Å². The van der Waals surface area contributed by atoms with Crippen molar-refractivity contribution >= 4 is 40.3 Å². The second-order valence-electron chi connectivity index (χ2n) is 8.50. The van der Waals surface area contributed by atoms with Crippen LogP contribution in [-0.4, -0.2) is 52.7 Å². The van der Waals surface area contributed by atoms with Crippen LogP contribution in [0.3, 0.4) is 0 Å². The number of ether oxygens (including phenoxy) is 1. The van der Waals surface area contributed by atoms with Crippen molar-refractivity contribution in [2.24, 2.45) is 5.73 Å². The number of carbonyl (C=O) groups excluding carboxylic acids is 2. The van der Waals surface area contributed by atoms with Crippen LogP contribution < -0.4 is 35.1 Å². The Bertz CT molecular complexity index is 1380. The van der Waals surface area contributed by atoms with Crippen LogP contribution in [0.25, 0.3) is 10.8 Å². The number of carbonyl (C=O) groups is 2. The third kappa shape index (κ3) is 5.89. The summed E-state index contributed by atoms with van der Waals surface area (Å²) >= 11 is 2.01. The second-order valence-corrected chi connectivity index (χ2v) is 18.1. The SMILES string of the molecule is CN(C(=O)NCc1cccc(F)c1Cl)[I-]1(COC(=O)Nc2cc3cc(F)ccc3cn2)C[C@H]1C(F)(F)CN. The van der Waals surface area contributed by atoms with Crippen LogP contribution in [0.15, 0.2) is 48.7 Å². The fraction of sp³-hybridized carbons (Fsp3) is 0.292. The minimum atomic E-state index is -3.91. The maximum atomic E-state index is 14.6. The number of amides is 3. The molecule has 2 atom stereocenters. The van der Waals surface area contributed by atoms with Crippen LogP contribution in [0.5, 0.6) is 0 Å². The number of pyridine rings is 1. The van der Waals surface area contributed by atoms with Gasteiger partial charge in [-0.2, -0.15) is 0 Å². The second kappa shape index (κ2) is 11.1. The molecule has 1 aliphatic heterocycles. The van der Waals surface area contributed by atoms with Gasteiger partial charge >= 0.3 is 225 Å². The number of aromatic nitrogens is 1. The number of hydrogen-bond acceptors (Lipinski definition) is 5. The molecule has 38 heavy (non-hydrogen) atoms. The summed E-state index contributed by atoms with van der Waals surface area (Å²) in [5, 5.41) is 5.94. The van der Waals surface area contributed by atoms with Gasteiger partial charge in [-0.15, -0.1) is 0 Å². The Kier molecular flexibility index (Phi) is 8.18. The summed E-state index contributed by atoms with van der Waals surface area (Å²) < 4.78 is 61.3. The quantitative estimate of drug-likeness (QED) is 0.146. The molecule has 0 bridgehead atoms. The Morgan fingerprint density at radius 2 is 2.00 bits per heavy atom. The van der Waals surface area contributed by atoms with E-state index in [1.54, 1.807) is 0 Å². The van der Waals surface area contributed by atoms with Crippen LogP contribution in [0.4, 0.5) is 33.0 Å². The van der Waals surface area contributed by atoms with Crippen molar-refractivity contribution in [1.29, 1.82) is 0 Å². The average Bonchev–Trinajstić information content (AvgIpc) is 3.64. The van der Waals surface area contributed by atoms with E-state index >= 15 is 0 Å². The first kappa shape index (κ1) is 28.1. The van der Waals surface area contributed by atoms with E-state index in [0.29, 0.717) is 16.3 Å². The van der Waals surface area contributed by atoms with Crippen LogP contribution >= 0.6 is 11.6 Å². The number of alkyl halides is 5. The van der Waals surface area contributed by atoms with Crippen molar-refractivity contribution in [2.75, 3.05) is 28.0 Å². The van der Waals surface area contributed by atoms with E-state index in [1.807, 2.05) is 0 Å². The molecule has 14 heteroatoms. The van der Waals surface area contributed by atoms with Gasteiger partial charge in [0.15, 0.2) is 0 Å². The molecule has 1 aromatic heterocycles. The maximum absolute atomic E-state index is 14.6. The van der Waals surface area contributed by atoms with Crippen LogP contribution in [0.1, 0.15) is 5.56 Å². The Morgan fingerprint density at radius 3 is 2.74 bits per heavy atom. The van der Waals surface area contributed by atoms with Gasteiger partial charge < -0.3 is 0 Å². The summed E-state index contributed by atoms with van der Waals surface area (Å²) in [4.78, 5) is 29.5. The van der Waals surface area contributed by atoms with Crippen molar-refractivity contribution in [3.8, 4) is 0 Å². The van der Waals surface area contributed by atoms with E-state index in [2.05, 4.69) is 15.6 Å². The predicted molar refractivity (Wildman–Crippen MR) is 131 cm³/mol. The third-order valence-electron chi connectivity index (χ3n) is 6.06. The molecule has 4 rings (SSSR count). The van der Waals surface area contributed by atoms with Gasteiger partial charge in [0.1, 0.15) is 0 Å². The van der Waals surface area contributed by atoms with Gasteiger partial charge in [-0.05, 0) is 0 Å². The molecule has 1 unspecified atom stereocenters. The van der Waals surface area contributed by atoms with E-state index in [1.165, 1.54) is 58.8 Å². The zero-order chi connectivity index (χ0) is 27.7. The molecule has 2 aromatic carbocycles. The minimum absolute atomic E-state index is 0.00205. The summed E-state index contributed by atoms with van der Waals surface area (Å²) in [5.74, 6) is -4.29. The van der Waals surface area contributed by atoms with Gasteiger partial charge in [0.25, 0.3) is 0 Å². The van der Waals surface area contributed by atoms with Crippen LogP contribution in [-0.2, 0) is 11.3 Å². The summed E-state index contributed by atoms with van der Waals surface area (Å²) in [5.41, 5.74) is 5.59. The summed E-state index contributed by atoms with van der Waals surface area (Å²) in [7, 11) is 1.37. The first-order valence-electron chi connectivity index (χ1n) is 11.2. The Hall–Kier alpha value is -2.91. The van der Waals surface area contributed by atoms with Gasteiger partial charge in [-0.25, -0.2) is 0 Å². The molecule has 0 saturated carbocycles. The molecule has 1 saturated heterocycles.